The van der Waals surface area contributed by atoms with Crippen LogP contribution in [0.25, 0.3) is 0 Å². The van der Waals surface area contributed by atoms with Crippen LogP contribution in [0.3, 0.4) is 0 Å². The van der Waals surface area contributed by atoms with E-state index in [2.05, 4.69) is 10.2 Å². The van der Waals surface area contributed by atoms with Crippen molar-refractivity contribution in [2.75, 3.05) is 20.1 Å². The molecule has 0 bridgehead atoms. The van der Waals surface area contributed by atoms with Crippen molar-refractivity contribution >= 4 is 0 Å². The third-order valence-electron chi connectivity index (χ3n) is 3.26. The first-order valence-electron chi connectivity index (χ1n) is 5.80. The molecule has 1 aromatic carbocycles. The zero-order chi connectivity index (χ0) is 12.3. The van der Waals surface area contributed by atoms with Gasteiger partial charge in [-0.15, -0.1) is 0 Å². The molecular formula is C13H16FN3. The zero-order valence-electron chi connectivity index (χ0n) is 9.91. The minimum Gasteiger partial charge on any atom is -0.315 e. The molecule has 1 fully saturated rings. The highest BCUT2D eigenvalue weighted by atomic mass is 19.1. The molecule has 0 spiro atoms. The van der Waals surface area contributed by atoms with E-state index < -0.39 is 0 Å². The van der Waals surface area contributed by atoms with E-state index in [9.17, 15) is 4.39 Å². The normalized spacial score (nSPS) is 19.5. The topological polar surface area (TPSA) is 39.1 Å². The van der Waals surface area contributed by atoms with Gasteiger partial charge < -0.3 is 5.32 Å². The summed E-state index contributed by atoms with van der Waals surface area (Å²) < 4.78 is 13.7. The van der Waals surface area contributed by atoms with Crippen LogP contribution in [-0.4, -0.2) is 31.1 Å². The fourth-order valence-corrected chi connectivity index (χ4v) is 2.16. The van der Waals surface area contributed by atoms with Crippen LogP contribution in [-0.2, 0) is 6.54 Å². The van der Waals surface area contributed by atoms with Crippen LogP contribution in [0.5, 0.6) is 0 Å². The molecule has 1 aliphatic rings. The van der Waals surface area contributed by atoms with Crippen molar-refractivity contribution in [1.82, 2.24) is 10.2 Å². The number of hydrogen-bond acceptors (Lipinski definition) is 3. The summed E-state index contributed by atoms with van der Waals surface area (Å²) in [6, 6.07) is 7.09. The predicted octanol–water partition coefficient (Wildman–Crippen LogP) is 1.49. The summed E-state index contributed by atoms with van der Waals surface area (Å²) >= 11 is 0. The summed E-state index contributed by atoms with van der Waals surface area (Å²) in [4.78, 5) is 2.16. The summed E-state index contributed by atoms with van der Waals surface area (Å²) in [5, 5.41) is 12.0. The van der Waals surface area contributed by atoms with Gasteiger partial charge in [0.15, 0.2) is 0 Å². The first-order valence-corrected chi connectivity index (χ1v) is 5.80. The molecule has 1 saturated heterocycles. The third-order valence-corrected chi connectivity index (χ3v) is 3.26. The fourth-order valence-electron chi connectivity index (χ4n) is 2.16. The van der Waals surface area contributed by atoms with E-state index in [1.54, 1.807) is 12.1 Å². The lowest BCUT2D eigenvalue weighted by Gasteiger charge is -2.23. The molecule has 1 atom stereocenters. The first kappa shape index (κ1) is 12.0. The van der Waals surface area contributed by atoms with E-state index in [1.807, 2.05) is 13.1 Å². The standard InChI is InChI=1S/C13H16FN3/c1-17(12-4-5-16-8-12)9-11-3-2-10(7-15)6-13(11)14/h2-3,6,12,16H,4-5,8-9H2,1H3. The molecule has 0 amide bonds. The van der Waals surface area contributed by atoms with Gasteiger partial charge in [-0.1, -0.05) is 6.07 Å². The van der Waals surface area contributed by atoms with Gasteiger partial charge in [-0.3, -0.25) is 4.90 Å². The largest absolute Gasteiger partial charge is 0.315 e. The van der Waals surface area contributed by atoms with Crippen LogP contribution in [0.2, 0.25) is 0 Å². The van der Waals surface area contributed by atoms with E-state index in [0.717, 1.165) is 19.5 Å². The lowest BCUT2D eigenvalue weighted by molar-refractivity contribution is 0.245. The number of halogens is 1. The maximum absolute atomic E-state index is 13.7. The minimum absolute atomic E-state index is 0.290. The molecule has 17 heavy (non-hydrogen) atoms. The van der Waals surface area contributed by atoms with Gasteiger partial charge in [0.2, 0.25) is 0 Å². The van der Waals surface area contributed by atoms with Crippen molar-refractivity contribution in [3.8, 4) is 6.07 Å². The molecular weight excluding hydrogens is 217 g/mol. The number of hydrogen-bond donors (Lipinski definition) is 1. The van der Waals surface area contributed by atoms with Crippen molar-refractivity contribution in [2.24, 2.45) is 0 Å². The Morgan fingerprint density at radius 3 is 3.00 bits per heavy atom. The van der Waals surface area contributed by atoms with Crippen LogP contribution in [0.1, 0.15) is 17.5 Å². The highest BCUT2D eigenvalue weighted by Gasteiger charge is 2.19. The molecule has 1 aliphatic heterocycles. The van der Waals surface area contributed by atoms with Gasteiger partial charge >= 0.3 is 0 Å². The lowest BCUT2D eigenvalue weighted by Crippen LogP contribution is -2.33. The molecule has 0 saturated carbocycles. The van der Waals surface area contributed by atoms with Gasteiger partial charge in [-0.2, -0.15) is 5.26 Å². The maximum Gasteiger partial charge on any atom is 0.129 e. The molecule has 90 valence electrons. The van der Waals surface area contributed by atoms with E-state index in [-0.39, 0.29) is 5.82 Å². The van der Waals surface area contributed by atoms with Crippen molar-refractivity contribution in [3.63, 3.8) is 0 Å². The summed E-state index contributed by atoms with van der Waals surface area (Å²) in [5.41, 5.74) is 1.02. The second-order valence-electron chi connectivity index (χ2n) is 4.48. The molecule has 1 N–H and O–H groups in total. The number of benzene rings is 1. The molecule has 1 heterocycles. The van der Waals surface area contributed by atoms with Crippen molar-refractivity contribution in [3.05, 3.63) is 35.1 Å². The Labute approximate surface area is 101 Å². The number of nitrogens with one attached hydrogen (secondary N) is 1. The van der Waals surface area contributed by atoms with Gasteiger partial charge in [0.05, 0.1) is 11.6 Å². The lowest BCUT2D eigenvalue weighted by atomic mass is 10.1. The summed E-state index contributed by atoms with van der Waals surface area (Å²) in [5.74, 6) is -0.290. The second-order valence-corrected chi connectivity index (χ2v) is 4.48. The Balaban J connectivity index is 2.05. The number of rotatable bonds is 3. The Morgan fingerprint density at radius 2 is 2.41 bits per heavy atom. The Hall–Kier alpha value is -1.44. The molecule has 0 radical (unpaired) electrons. The maximum atomic E-state index is 13.7. The van der Waals surface area contributed by atoms with Gasteiger partial charge in [0.1, 0.15) is 5.82 Å². The van der Waals surface area contributed by atoms with Gasteiger partial charge in [-0.25, -0.2) is 4.39 Å². The van der Waals surface area contributed by atoms with Crippen LogP contribution in [0, 0.1) is 17.1 Å². The minimum atomic E-state index is -0.290. The van der Waals surface area contributed by atoms with Crippen LogP contribution in [0.15, 0.2) is 18.2 Å². The second kappa shape index (κ2) is 5.26. The average Bonchev–Trinajstić information content (AvgIpc) is 2.85. The quantitative estimate of drug-likeness (QED) is 0.859. The molecule has 2 rings (SSSR count). The highest BCUT2D eigenvalue weighted by molar-refractivity contribution is 5.32. The molecule has 4 heteroatoms. The van der Waals surface area contributed by atoms with E-state index >= 15 is 0 Å². The average molecular weight is 233 g/mol. The summed E-state index contributed by atoms with van der Waals surface area (Å²) in [6.45, 7) is 2.59. The number of nitrogens with zero attached hydrogens (tertiary/aromatic N) is 2. The van der Waals surface area contributed by atoms with Crippen LogP contribution < -0.4 is 5.32 Å². The number of nitriles is 1. The highest BCUT2D eigenvalue weighted by Crippen LogP contribution is 2.15. The van der Waals surface area contributed by atoms with Crippen molar-refractivity contribution < 1.29 is 4.39 Å². The van der Waals surface area contributed by atoms with Gasteiger partial charge in [0.25, 0.3) is 0 Å². The summed E-state index contributed by atoms with van der Waals surface area (Å²) in [7, 11) is 2.01. The van der Waals surface area contributed by atoms with Crippen molar-refractivity contribution in [1.29, 1.82) is 5.26 Å². The fraction of sp³-hybridized carbons (Fsp3) is 0.462. The zero-order valence-corrected chi connectivity index (χ0v) is 9.91. The van der Waals surface area contributed by atoms with Crippen LogP contribution >= 0.6 is 0 Å². The van der Waals surface area contributed by atoms with E-state index in [1.165, 1.54) is 6.07 Å². The van der Waals surface area contributed by atoms with Gasteiger partial charge in [-0.05, 0) is 32.1 Å². The smallest absolute Gasteiger partial charge is 0.129 e. The Morgan fingerprint density at radius 1 is 1.59 bits per heavy atom. The molecule has 0 aromatic heterocycles. The first-order chi connectivity index (χ1) is 8.20. The van der Waals surface area contributed by atoms with Gasteiger partial charge in [0, 0.05) is 24.7 Å². The molecule has 3 nitrogen and oxygen atoms in total. The number of likely N-dealkylation sites (N-methyl/N-ethyl adjacent to an activating group) is 1. The Bertz CT molecular complexity index is 433. The molecule has 0 aliphatic carbocycles. The summed E-state index contributed by atoms with van der Waals surface area (Å²) in [6.07, 6.45) is 1.11. The molecule has 1 aromatic rings. The third kappa shape index (κ3) is 2.82. The molecule has 1 unspecified atom stereocenters. The monoisotopic (exact) mass is 233 g/mol. The van der Waals surface area contributed by atoms with Crippen molar-refractivity contribution in [2.45, 2.75) is 19.0 Å². The van der Waals surface area contributed by atoms with E-state index in [0.29, 0.717) is 23.7 Å². The van der Waals surface area contributed by atoms with Crippen LogP contribution in [0.4, 0.5) is 4.39 Å². The predicted molar refractivity (Wildman–Crippen MR) is 63.9 cm³/mol. The SMILES string of the molecule is CN(Cc1ccc(C#N)cc1F)C1CCNC1. The Kier molecular flexibility index (Phi) is 3.72. The van der Waals surface area contributed by atoms with E-state index in [4.69, 9.17) is 5.26 Å².